The van der Waals surface area contributed by atoms with E-state index in [0.717, 1.165) is 18.4 Å². The first-order valence-corrected chi connectivity index (χ1v) is 7.17. The van der Waals surface area contributed by atoms with Gasteiger partial charge in [0.2, 0.25) is 0 Å². The molecule has 0 bridgehead atoms. The van der Waals surface area contributed by atoms with Crippen molar-refractivity contribution in [3.05, 3.63) is 40.8 Å². The van der Waals surface area contributed by atoms with Gasteiger partial charge in [-0.15, -0.1) is 0 Å². The molecule has 0 aliphatic rings. The molecule has 0 aliphatic heterocycles. The van der Waals surface area contributed by atoms with E-state index in [1.165, 1.54) is 5.56 Å². The fourth-order valence-electron chi connectivity index (χ4n) is 2.50. The van der Waals surface area contributed by atoms with E-state index in [1.807, 2.05) is 6.92 Å². The van der Waals surface area contributed by atoms with E-state index in [0.29, 0.717) is 12.1 Å². The van der Waals surface area contributed by atoms with Crippen molar-refractivity contribution in [2.24, 2.45) is 5.92 Å². The Labute approximate surface area is 156 Å². The molecule has 4 heteroatoms. The van der Waals surface area contributed by atoms with Crippen LogP contribution in [0.25, 0.3) is 5.41 Å². The van der Waals surface area contributed by atoms with Gasteiger partial charge in [-0.25, -0.2) is 0 Å². The van der Waals surface area contributed by atoms with Crippen molar-refractivity contribution in [2.75, 3.05) is 6.61 Å². The Kier molecular flexibility index (Phi) is 12.0. The topological polar surface area (TPSA) is 42.5 Å². The monoisotopic (exact) mass is 363 g/mol. The Morgan fingerprint density at radius 2 is 1.81 bits per heavy atom. The van der Waals surface area contributed by atoms with Crippen molar-refractivity contribution in [2.45, 2.75) is 52.4 Å². The summed E-state index contributed by atoms with van der Waals surface area (Å²) in [6, 6.07) is 8.38. The van der Waals surface area contributed by atoms with Crippen LogP contribution in [-0.2, 0) is 5.41 Å². The normalized spacial score (nSPS) is 14.3. The summed E-state index contributed by atoms with van der Waals surface area (Å²) in [7, 11) is 0. The zero-order chi connectivity index (χ0) is 14.5. The van der Waals surface area contributed by atoms with Crippen molar-refractivity contribution in [3.8, 4) is 0 Å². The summed E-state index contributed by atoms with van der Waals surface area (Å²) < 4.78 is 0. The van der Waals surface area contributed by atoms with Crippen molar-refractivity contribution in [1.82, 2.24) is 0 Å². The third-order valence-corrected chi connectivity index (χ3v) is 3.93. The van der Waals surface area contributed by atoms with Crippen molar-refractivity contribution in [1.29, 1.82) is 0 Å². The summed E-state index contributed by atoms with van der Waals surface area (Å²) in [6.07, 6.45) is 2.49. The van der Waals surface area contributed by atoms with Crippen molar-refractivity contribution < 1.29 is 22.1 Å². The van der Waals surface area contributed by atoms with E-state index in [-0.39, 0.29) is 58.0 Å². The molecule has 0 amide bonds. The van der Waals surface area contributed by atoms with Crippen molar-refractivity contribution >= 4 is 28.8 Å². The van der Waals surface area contributed by atoms with Crippen LogP contribution in [0.5, 0.6) is 0 Å². The van der Waals surface area contributed by atoms with Crippen LogP contribution in [0.1, 0.15) is 51.2 Å². The fraction of sp³-hybridized carbons (Fsp3) is 0.588. The Morgan fingerprint density at radius 1 is 1.29 bits per heavy atom. The number of hydrogen-bond donors (Lipinski definition) is 1. The Balaban J connectivity index is 0. The molecule has 1 aromatic carbocycles. The van der Waals surface area contributed by atoms with Crippen LogP contribution in [0.4, 0.5) is 0 Å². The smallest absolute Gasteiger partial charge is 1.00 e. The predicted octanol–water partition coefficient (Wildman–Crippen LogP) is 0.705. The summed E-state index contributed by atoms with van der Waals surface area (Å²) in [5, 5.41) is 19.7. The van der Waals surface area contributed by atoms with E-state index in [1.54, 1.807) is 0 Å². The molecule has 1 aromatic rings. The van der Waals surface area contributed by atoms with Crippen LogP contribution >= 0.6 is 0 Å². The van der Waals surface area contributed by atoms with E-state index < -0.39 is 0 Å². The van der Waals surface area contributed by atoms with Crippen LogP contribution < -0.4 is 17.0 Å². The van der Waals surface area contributed by atoms with Gasteiger partial charge < -0.3 is 27.5 Å². The van der Waals surface area contributed by atoms with Crippen LogP contribution in [0, 0.1) is 12.8 Å². The summed E-state index contributed by atoms with van der Waals surface area (Å²) >= 11 is 0. The van der Waals surface area contributed by atoms with Crippen LogP contribution in [0.15, 0.2) is 24.3 Å². The van der Waals surface area contributed by atoms with Gasteiger partial charge in [0.1, 0.15) is 0 Å². The van der Waals surface area contributed by atoms with E-state index >= 15 is 0 Å². The number of aryl methyl sites for hydroxylation is 1. The SMILES string of the molecule is CCCC(C)(C(=[N-])CC(C)CO)c1ccc(C)cc1.[Br-].[Mg+2]. The zero-order valence-corrected chi connectivity index (χ0v) is 16.7. The maximum Gasteiger partial charge on any atom is 2.00 e. The number of hydrogen-bond acceptors (Lipinski definition) is 1. The van der Waals surface area contributed by atoms with Gasteiger partial charge in [-0.2, -0.15) is 5.71 Å². The zero-order valence-electron chi connectivity index (χ0n) is 13.7. The standard InChI is InChI=1S/C17H26NO.BrH.Mg/c1-5-10-17(4,16(18)11-14(3)12-19)15-8-6-13(2)7-9-15;;/h6-9,14,19H,5,10-12H2,1-4H3;1H;/q-1;;+2/p-1. The molecule has 21 heavy (non-hydrogen) atoms. The number of aliphatic hydroxyl groups excluding tert-OH is 1. The molecule has 2 nitrogen and oxygen atoms in total. The van der Waals surface area contributed by atoms with Crippen LogP contribution in [-0.4, -0.2) is 40.5 Å². The van der Waals surface area contributed by atoms with Crippen molar-refractivity contribution in [3.63, 3.8) is 0 Å². The first-order valence-electron chi connectivity index (χ1n) is 7.17. The predicted molar refractivity (Wildman–Crippen MR) is 88.4 cm³/mol. The van der Waals surface area contributed by atoms with Gasteiger partial charge in [0.15, 0.2) is 0 Å². The second-order valence-electron chi connectivity index (χ2n) is 5.89. The summed E-state index contributed by atoms with van der Waals surface area (Å²) in [6.45, 7) is 8.37. The molecule has 0 spiro atoms. The summed E-state index contributed by atoms with van der Waals surface area (Å²) in [5.74, 6) is 0.0987. The molecule has 0 fully saturated rings. The largest absolute Gasteiger partial charge is 2.00 e. The molecule has 0 radical (unpaired) electrons. The second-order valence-corrected chi connectivity index (χ2v) is 5.89. The Hall–Kier alpha value is 0.0962. The van der Waals surface area contributed by atoms with E-state index in [9.17, 15) is 5.41 Å². The third-order valence-electron chi connectivity index (χ3n) is 3.93. The molecule has 114 valence electrons. The molecule has 0 aliphatic carbocycles. The number of aliphatic hydroxyl groups is 1. The van der Waals surface area contributed by atoms with Crippen LogP contribution in [0.3, 0.4) is 0 Å². The molecular formula is C17H26BrMgNO. The molecule has 2 unspecified atom stereocenters. The molecule has 1 N–H and O–H groups in total. The number of rotatable bonds is 7. The summed E-state index contributed by atoms with van der Waals surface area (Å²) in [5.41, 5.74) is 2.56. The van der Waals surface area contributed by atoms with Gasteiger partial charge in [-0.3, -0.25) is 0 Å². The molecule has 0 aromatic heterocycles. The minimum Gasteiger partial charge on any atom is -1.00 e. The Bertz CT molecular complexity index is 421. The van der Waals surface area contributed by atoms with Gasteiger partial charge in [-0.1, -0.05) is 57.0 Å². The maximum atomic E-state index is 10.5. The van der Waals surface area contributed by atoms with Gasteiger partial charge in [-0.05, 0) is 36.7 Å². The fourth-order valence-corrected chi connectivity index (χ4v) is 2.50. The molecule has 2 atom stereocenters. The molecule has 1 rings (SSSR count). The molecule has 0 heterocycles. The minimum atomic E-state index is -0.314. The van der Waals surface area contributed by atoms with Gasteiger partial charge in [0.05, 0.1) is 0 Å². The quantitative estimate of drug-likeness (QED) is 0.562. The van der Waals surface area contributed by atoms with Gasteiger partial charge >= 0.3 is 23.1 Å². The molecular weight excluding hydrogens is 338 g/mol. The van der Waals surface area contributed by atoms with E-state index in [4.69, 9.17) is 5.11 Å². The minimum absolute atomic E-state index is 0. The number of benzene rings is 1. The Morgan fingerprint density at radius 3 is 2.24 bits per heavy atom. The number of nitrogens with zero attached hydrogens (tertiary/aromatic N) is 1. The summed E-state index contributed by atoms with van der Waals surface area (Å²) in [4.78, 5) is 0. The first-order chi connectivity index (χ1) is 8.93. The van der Waals surface area contributed by atoms with Crippen LogP contribution in [0.2, 0.25) is 0 Å². The van der Waals surface area contributed by atoms with E-state index in [2.05, 4.69) is 45.0 Å². The third kappa shape index (κ3) is 6.39. The molecule has 0 saturated heterocycles. The first kappa shape index (κ1) is 23.4. The second kappa shape index (κ2) is 10.8. The molecule has 0 saturated carbocycles. The average Bonchev–Trinajstić information content (AvgIpc) is 2.39. The van der Waals surface area contributed by atoms with Gasteiger partial charge in [0, 0.05) is 6.61 Å². The number of halogens is 1. The van der Waals surface area contributed by atoms with Gasteiger partial charge in [0.25, 0.3) is 0 Å². The maximum absolute atomic E-state index is 10.5. The average molecular weight is 365 g/mol.